The maximum absolute atomic E-state index is 14.9. The fraction of sp³-hybridized carbons (Fsp3) is 0.182. The zero-order valence-electron chi connectivity index (χ0n) is 18.7. The Kier molecular flexibility index (Phi) is 6.88. The lowest BCUT2D eigenvalue weighted by Crippen LogP contribution is -2.40. The fourth-order valence-electron chi connectivity index (χ4n) is 3.79. The number of anilines is 1. The van der Waals surface area contributed by atoms with Gasteiger partial charge < -0.3 is 15.2 Å². The van der Waals surface area contributed by atoms with Gasteiger partial charge in [-0.3, -0.25) is 18.8 Å². The highest BCUT2D eigenvalue weighted by Gasteiger charge is 2.34. The van der Waals surface area contributed by atoms with E-state index in [2.05, 4.69) is 10.1 Å². The second kappa shape index (κ2) is 9.81. The number of amides is 2. The van der Waals surface area contributed by atoms with E-state index in [1.54, 1.807) is 0 Å². The molecular formula is C22H14ClF5N4O6. The van der Waals surface area contributed by atoms with Gasteiger partial charge in [-0.1, -0.05) is 23.7 Å². The van der Waals surface area contributed by atoms with Gasteiger partial charge in [0, 0.05) is 25.2 Å². The standard InChI is InChI=1S/C22H14ClF5N4O6/c23-16-10(2-1-3-12(16)22(26,27)28)8-32-18(33)15(38-21(36)37)9-31(20(32)35)11-6-13(24)17(14(25)7-11)30-5-4-29-19(30)34/h1-3,6-7,9H,4-5,8H2,(H,29,34)(H,36,37). The summed E-state index contributed by atoms with van der Waals surface area (Å²) in [4.78, 5) is 49.7. The van der Waals surface area contributed by atoms with Crippen molar-refractivity contribution in [1.82, 2.24) is 14.5 Å². The first-order valence-corrected chi connectivity index (χ1v) is 10.8. The average Bonchev–Trinajstić information content (AvgIpc) is 3.23. The molecule has 16 heteroatoms. The van der Waals surface area contributed by atoms with Crippen LogP contribution < -0.4 is 26.2 Å². The molecule has 1 aliphatic heterocycles. The Balaban J connectivity index is 1.89. The van der Waals surface area contributed by atoms with Crippen molar-refractivity contribution < 1.29 is 41.4 Å². The normalized spacial score (nSPS) is 13.5. The first-order chi connectivity index (χ1) is 17.8. The summed E-state index contributed by atoms with van der Waals surface area (Å²) in [5.41, 5.74) is -5.54. The number of nitrogens with zero attached hydrogens (tertiary/aromatic N) is 3. The highest BCUT2D eigenvalue weighted by atomic mass is 35.5. The van der Waals surface area contributed by atoms with Gasteiger partial charge in [-0.25, -0.2) is 23.2 Å². The molecule has 1 aliphatic rings. The molecule has 2 aromatic carbocycles. The SMILES string of the molecule is O=C(O)Oc1cn(-c2cc(F)c(N3CCNC3=O)c(F)c2)c(=O)n(Cc2cccc(C(F)(F)F)c2Cl)c1=O. The van der Waals surface area contributed by atoms with Crippen molar-refractivity contribution in [2.24, 2.45) is 0 Å². The first kappa shape index (κ1) is 26.7. The number of ether oxygens (including phenoxy) is 1. The van der Waals surface area contributed by atoms with E-state index in [-0.39, 0.29) is 23.2 Å². The van der Waals surface area contributed by atoms with Gasteiger partial charge in [-0.15, -0.1) is 0 Å². The summed E-state index contributed by atoms with van der Waals surface area (Å²) in [6.45, 7) is -0.808. The molecule has 0 spiro atoms. The van der Waals surface area contributed by atoms with Gasteiger partial charge in [0.2, 0.25) is 5.75 Å². The predicted molar refractivity (Wildman–Crippen MR) is 121 cm³/mol. The zero-order valence-corrected chi connectivity index (χ0v) is 19.4. The smallest absolute Gasteiger partial charge is 0.449 e. The molecule has 38 heavy (non-hydrogen) atoms. The molecule has 0 saturated carbocycles. The van der Waals surface area contributed by atoms with Crippen molar-refractivity contribution in [2.45, 2.75) is 12.7 Å². The second-order valence-electron chi connectivity index (χ2n) is 7.82. The summed E-state index contributed by atoms with van der Waals surface area (Å²) in [7, 11) is 0. The number of carbonyl (C=O) groups is 2. The van der Waals surface area contributed by atoms with Crippen LogP contribution in [-0.2, 0) is 12.7 Å². The van der Waals surface area contributed by atoms with E-state index in [1.165, 1.54) is 0 Å². The third-order valence-corrected chi connectivity index (χ3v) is 5.90. The molecule has 200 valence electrons. The number of carbonyl (C=O) groups excluding carboxylic acids is 1. The van der Waals surface area contributed by atoms with Crippen molar-refractivity contribution in [3.63, 3.8) is 0 Å². The molecule has 1 saturated heterocycles. The summed E-state index contributed by atoms with van der Waals surface area (Å²) in [6, 6.07) is 3.25. The minimum absolute atomic E-state index is 0.0504. The van der Waals surface area contributed by atoms with Crippen LogP contribution in [0.3, 0.4) is 0 Å². The Morgan fingerprint density at radius 2 is 1.79 bits per heavy atom. The number of nitrogens with one attached hydrogen (secondary N) is 1. The quantitative estimate of drug-likeness (QED) is 0.363. The van der Waals surface area contributed by atoms with Crippen LogP contribution in [0.2, 0.25) is 5.02 Å². The summed E-state index contributed by atoms with van der Waals surface area (Å²) in [5, 5.41) is 10.5. The second-order valence-corrected chi connectivity index (χ2v) is 8.20. The van der Waals surface area contributed by atoms with E-state index >= 15 is 0 Å². The van der Waals surface area contributed by atoms with E-state index in [4.69, 9.17) is 16.7 Å². The van der Waals surface area contributed by atoms with Crippen molar-refractivity contribution >= 4 is 29.5 Å². The van der Waals surface area contributed by atoms with Gasteiger partial charge in [0.05, 0.1) is 29.0 Å². The third-order valence-electron chi connectivity index (χ3n) is 5.46. The van der Waals surface area contributed by atoms with Crippen LogP contribution in [0.1, 0.15) is 11.1 Å². The number of hydrogen-bond acceptors (Lipinski definition) is 5. The van der Waals surface area contributed by atoms with Crippen LogP contribution >= 0.6 is 11.6 Å². The van der Waals surface area contributed by atoms with E-state index in [9.17, 15) is 41.1 Å². The number of hydrogen-bond donors (Lipinski definition) is 2. The molecule has 2 heterocycles. The Hall–Kier alpha value is -4.40. The van der Waals surface area contributed by atoms with Gasteiger partial charge in [-0.05, 0) is 11.6 Å². The number of aromatic nitrogens is 2. The van der Waals surface area contributed by atoms with E-state index < -0.39 is 75.5 Å². The largest absolute Gasteiger partial charge is 0.511 e. The zero-order chi connectivity index (χ0) is 27.9. The molecule has 0 atom stereocenters. The molecule has 2 N–H and O–H groups in total. The third kappa shape index (κ3) is 4.91. The van der Waals surface area contributed by atoms with E-state index in [1.807, 2.05) is 0 Å². The summed E-state index contributed by atoms with van der Waals surface area (Å²) >= 11 is 5.86. The van der Waals surface area contributed by atoms with Crippen LogP contribution in [0.5, 0.6) is 5.75 Å². The Labute approximate surface area is 213 Å². The molecular weight excluding hydrogens is 547 g/mol. The van der Waals surface area contributed by atoms with Crippen molar-refractivity contribution in [3.8, 4) is 11.4 Å². The highest BCUT2D eigenvalue weighted by Crippen LogP contribution is 2.36. The summed E-state index contributed by atoms with van der Waals surface area (Å²) in [5.74, 6) is -3.55. The van der Waals surface area contributed by atoms with Gasteiger partial charge in [-0.2, -0.15) is 13.2 Å². The Morgan fingerprint density at radius 3 is 2.34 bits per heavy atom. The molecule has 10 nitrogen and oxygen atoms in total. The van der Waals surface area contributed by atoms with Gasteiger partial charge in [0.25, 0.3) is 5.56 Å². The lowest BCUT2D eigenvalue weighted by Gasteiger charge is -2.18. The number of urea groups is 1. The maximum atomic E-state index is 14.9. The number of carboxylic acid groups (broad SMARTS) is 1. The number of rotatable bonds is 5. The Bertz CT molecular complexity index is 1560. The van der Waals surface area contributed by atoms with Gasteiger partial charge in [0.15, 0.2) is 11.6 Å². The molecule has 1 aromatic heterocycles. The minimum atomic E-state index is -4.87. The molecule has 0 radical (unpaired) electrons. The van der Waals surface area contributed by atoms with Crippen LogP contribution in [0.15, 0.2) is 46.1 Å². The van der Waals surface area contributed by atoms with Crippen molar-refractivity contribution in [3.05, 3.63) is 85.2 Å². The minimum Gasteiger partial charge on any atom is -0.449 e. The van der Waals surface area contributed by atoms with Gasteiger partial charge in [0.1, 0.15) is 5.69 Å². The summed E-state index contributed by atoms with van der Waals surface area (Å²) < 4.78 is 74.7. The molecule has 0 bridgehead atoms. The summed E-state index contributed by atoms with van der Waals surface area (Å²) in [6.07, 6.45) is -6.29. The van der Waals surface area contributed by atoms with Crippen LogP contribution in [0.25, 0.3) is 5.69 Å². The maximum Gasteiger partial charge on any atom is 0.511 e. The lowest BCUT2D eigenvalue weighted by atomic mass is 10.1. The monoisotopic (exact) mass is 560 g/mol. The molecule has 3 aromatic rings. The van der Waals surface area contributed by atoms with E-state index in [0.717, 1.165) is 17.0 Å². The van der Waals surface area contributed by atoms with Gasteiger partial charge >= 0.3 is 24.1 Å². The molecule has 1 fully saturated rings. The van der Waals surface area contributed by atoms with Crippen LogP contribution in [-0.4, -0.2) is 39.5 Å². The van der Waals surface area contributed by atoms with Crippen LogP contribution in [0.4, 0.5) is 37.2 Å². The average molecular weight is 561 g/mol. The van der Waals surface area contributed by atoms with Crippen LogP contribution in [0, 0.1) is 11.6 Å². The number of halogens is 6. The lowest BCUT2D eigenvalue weighted by molar-refractivity contribution is -0.137. The fourth-order valence-corrected chi connectivity index (χ4v) is 4.08. The van der Waals surface area contributed by atoms with Crippen molar-refractivity contribution in [2.75, 3.05) is 18.0 Å². The Morgan fingerprint density at radius 1 is 1.13 bits per heavy atom. The first-order valence-electron chi connectivity index (χ1n) is 10.5. The predicted octanol–water partition coefficient (Wildman–Crippen LogP) is 3.58. The molecule has 0 aliphatic carbocycles. The molecule has 0 unspecified atom stereocenters. The molecule has 4 rings (SSSR count). The van der Waals surface area contributed by atoms with Crippen molar-refractivity contribution in [1.29, 1.82) is 0 Å². The number of alkyl halides is 3. The highest BCUT2D eigenvalue weighted by molar-refractivity contribution is 6.32. The number of benzene rings is 2. The molecule has 2 amide bonds. The van der Waals surface area contributed by atoms with E-state index in [0.29, 0.717) is 29.0 Å². The topological polar surface area (TPSA) is 123 Å².